The Morgan fingerprint density at radius 2 is 2.43 bits per heavy atom. The van der Waals surface area contributed by atoms with Gasteiger partial charge in [-0.15, -0.1) is 0 Å². The number of pyridine rings is 1. The first kappa shape index (κ1) is 9.24. The predicted molar refractivity (Wildman–Crippen MR) is 54.6 cm³/mol. The molecule has 0 radical (unpaired) electrons. The average Bonchev–Trinajstić information content (AvgIpc) is 2.57. The summed E-state index contributed by atoms with van der Waals surface area (Å²) in [6.45, 7) is 3.12. The summed E-state index contributed by atoms with van der Waals surface area (Å²) >= 11 is 0. The van der Waals surface area contributed by atoms with Crippen molar-refractivity contribution >= 4 is 11.5 Å². The smallest absolute Gasteiger partial charge is 0.167 e. The molecule has 0 amide bonds. The van der Waals surface area contributed by atoms with Crippen LogP contribution in [0.4, 0.5) is 15.9 Å². The molecule has 0 spiro atoms. The van der Waals surface area contributed by atoms with Crippen molar-refractivity contribution in [2.24, 2.45) is 0 Å². The van der Waals surface area contributed by atoms with Gasteiger partial charge in [0.25, 0.3) is 0 Å². The maximum Gasteiger partial charge on any atom is 0.167 e. The fourth-order valence-corrected chi connectivity index (χ4v) is 1.91. The van der Waals surface area contributed by atoms with E-state index in [1.165, 1.54) is 6.07 Å². The molecule has 1 atom stereocenters. The van der Waals surface area contributed by atoms with Crippen LogP contribution in [0.3, 0.4) is 0 Å². The van der Waals surface area contributed by atoms with Gasteiger partial charge in [0.05, 0.1) is 11.9 Å². The Bertz CT molecular complexity index is 340. The number of anilines is 2. The number of aromatic nitrogens is 1. The van der Waals surface area contributed by atoms with E-state index in [-0.39, 0.29) is 5.82 Å². The molecule has 1 aromatic heterocycles. The minimum atomic E-state index is -0.429. The maximum atomic E-state index is 13.1. The molecule has 3 nitrogen and oxygen atoms in total. The second-order valence-electron chi connectivity index (χ2n) is 3.75. The molecule has 1 fully saturated rings. The maximum absolute atomic E-state index is 13.1. The van der Waals surface area contributed by atoms with E-state index in [9.17, 15) is 4.39 Å². The summed E-state index contributed by atoms with van der Waals surface area (Å²) < 4.78 is 13.1. The normalized spacial score (nSPS) is 21.6. The molecule has 4 heteroatoms. The lowest BCUT2D eigenvalue weighted by Gasteiger charge is -2.23. The number of nitrogen functional groups attached to an aromatic ring is 1. The number of halogens is 1. The first-order valence-corrected chi connectivity index (χ1v) is 4.86. The van der Waals surface area contributed by atoms with E-state index in [2.05, 4.69) is 16.8 Å². The van der Waals surface area contributed by atoms with Crippen LogP contribution < -0.4 is 10.6 Å². The molecule has 0 unspecified atom stereocenters. The fourth-order valence-electron chi connectivity index (χ4n) is 1.91. The van der Waals surface area contributed by atoms with Crippen LogP contribution in [0.15, 0.2) is 12.3 Å². The molecule has 1 saturated heterocycles. The monoisotopic (exact) mass is 195 g/mol. The minimum absolute atomic E-state index is 0.0272. The Hall–Kier alpha value is -1.32. The zero-order valence-electron chi connectivity index (χ0n) is 8.20. The SMILES string of the molecule is C[C@@H]1CCCN1c1cnc(N)c(F)c1. The molecule has 1 aromatic rings. The number of hydrogen-bond donors (Lipinski definition) is 1. The standard InChI is InChI=1S/C10H14FN3/c1-7-3-2-4-14(7)8-5-9(11)10(12)13-6-8/h5-7H,2-4H2,1H3,(H2,12,13)/t7-/m1/s1. The number of nitrogens with zero attached hydrogens (tertiary/aromatic N) is 2. The number of nitrogens with two attached hydrogens (primary N) is 1. The topological polar surface area (TPSA) is 42.2 Å². The van der Waals surface area contributed by atoms with E-state index >= 15 is 0 Å². The van der Waals surface area contributed by atoms with Crippen LogP contribution in [0.5, 0.6) is 0 Å². The quantitative estimate of drug-likeness (QED) is 0.742. The molecule has 0 bridgehead atoms. The summed E-state index contributed by atoms with van der Waals surface area (Å²) in [5, 5.41) is 0. The highest BCUT2D eigenvalue weighted by Crippen LogP contribution is 2.25. The van der Waals surface area contributed by atoms with Crippen LogP contribution in [0.25, 0.3) is 0 Å². The number of hydrogen-bond acceptors (Lipinski definition) is 3. The highest BCUT2D eigenvalue weighted by molar-refractivity contribution is 5.50. The second kappa shape index (κ2) is 3.44. The number of rotatable bonds is 1. The van der Waals surface area contributed by atoms with Crippen molar-refractivity contribution in [2.45, 2.75) is 25.8 Å². The Morgan fingerprint density at radius 3 is 3.00 bits per heavy atom. The van der Waals surface area contributed by atoms with E-state index in [1.807, 2.05) is 0 Å². The largest absolute Gasteiger partial charge is 0.381 e. The molecule has 2 rings (SSSR count). The van der Waals surface area contributed by atoms with Crippen LogP contribution in [-0.4, -0.2) is 17.6 Å². The lowest BCUT2D eigenvalue weighted by Crippen LogP contribution is -2.26. The zero-order valence-corrected chi connectivity index (χ0v) is 8.20. The second-order valence-corrected chi connectivity index (χ2v) is 3.75. The van der Waals surface area contributed by atoms with Gasteiger partial charge in [0, 0.05) is 18.7 Å². The third kappa shape index (κ3) is 1.52. The molecule has 1 aliphatic heterocycles. The first-order chi connectivity index (χ1) is 6.68. The molecule has 0 aromatic carbocycles. The summed E-state index contributed by atoms with van der Waals surface area (Å²) in [6, 6.07) is 1.93. The molecule has 0 saturated carbocycles. The van der Waals surface area contributed by atoms with Crippen LogP contribution >= 0.6 is 0 Å². The Morgan fingerprint density at radius 1 is 1.64 bits per heavy atom. The molecular weight excluding hydrogens is 181 g/mol. The predicted octanol–water partition coefficient (Wildman–Crippen LogP) is 1.79. The summed E-state index contributed by atoms with van der Waals surface area (Å²) in [4.78, 5) is 5.98. The molecule has 2 heterocycles. The van der Waals surface area contributed by atoms with Gasteiger partial charge in [-0.2, -0.15) is 0 Å². The summed E-state index contributed by atoms with van der Waals surface area (Å²) in [7, 11) is 0. The van der Waals surface area contributed by atoms with E-state index in [0.29, 0.717) is 6.04 Å². The van der Waals surface area contributed by atoms with Crippen LogP contribution in [0.2, 0.25) is 0 Å². The van der Waals surface area contributed by atoms with Gasteiger partial charge in [-0.3, -0.25) is 0 Å². The summed E-state index contributed by atoms with van der Waals surface area (Å²) in [6.07, 6.45) is 3.96. The third-order valence-corrected chi connectivity index (χ3v) is 2.74. The molecule has 14 heavy (non-hydrogen) atoms. The molecule has 2 N–H and O–H groups in total. The summed E-state index contributed by atoms with van der Waals surface area (Å²) in [5.41, 5.74) is 6.15. The van der Waals surface area contributed by atoms with Crippen molar-refractivity contribution in [3.05, 3.63) is 18.1 Å². The van der Waals surface area contributed by atoms with Crippen molar-refractivity contribution < 1.29 is 4.39 Å². The van der Waals surface area contributed by atoms with Gasteiger partial charge in [0.1, 0.15) is 0 Å². The Balaban J connectivity index is 2.28. The third-order valence-electron chi connectivity index (χ3n) is 2.74. The van der Waals surface area contributed by atoms with Crippen molar-refractivity contribution in [1.29, 1.82) is 0 Å². The van der Waals surface area contributed by atoms with Crippen LogP contribution in [0, 0.1) is 5.82 Å². The van der Waals surface area contributed by atoms with Crippen molar-refractivity contribution in [3.8, 4) is 0 Å². The minimum Gasteiger partial charge on any atom is -0.381 e. The van der Waals surface area contributed by atoms with Crippen LogP contribution in [-0.2, 0) is 0 Å². The highest BCUT2D eigenvalue weighted by Gasteiger charge is 2.21. The van der Waals surface area contributed by atoms with Crippen molar-refractivity contribution in [1.82, 2.24) is 4.98 Å². The highest BCUT2D eigenvalue weighted by atomic mass is 19.1. The van der Waals surface area contributed by atoms with Crippen LogP contribution in [0.1, 0.15) is 19.8 Å². The Labute approximate surface area is 82.7 Å². The lowest BCUT2D eigenvalue weighted by molar-refractivity contribution is 0.625. The van der Waals surface area contributed by atoms with Gasteiger partial charge < -0.3 is 10.6 Å². The summed E-state index contributed by atoms with van der Waals surface area (Å²) in [5.74, 6) is -0.456. The van der Waals surface area contributed by atoms with E-state index < -0.39 is 5.82 Å². The van der Waals surface area contributed by atoms with E-state index in [4.69, 9.17) is 5.73 Å². The van der Waals surface area contributed by atoms with Gasteiger partial charge in [-0.1, -0.05) is 0 Å². The molecule has 1 aliphatic rings. The van der Waals surface area contributed by atoms with Gasteiger partial charge in [0.2, 0.25) is 0 Å². The van der Waals surface area contributed by atoms with E-state index in [0.717, 1.165) is 25.1 Å². The molecular formula is C10H14FN3. The first-order valence-electron chi connectivity index (χ1n) is 4.86. The van der Waals surface area contributed by atoms with Gasteiger partial charge in [-0.05, 0) is 19.8 Å². The van der Waals surface area contributed by atoms with Crippen molar-refractivity contribution in [3.63, 3.8) is 0 Å². The van der Waals surface area contributed by atoms with E-state index in [1.54, 1.807) is 6.20 Å². The van der Waals surface area contributed by atoms with Gasteiger partial charge in [-0.25, -0.2) is 9.37 Å². The Kier molecular flexibility index (Phi) is 2.27. The van der Waals surface area contributed by atoms with Gasteiger partial charge in [0.15, 0.2) is 11.6 Å². The zero-order chi connectivity index (χ0) is 10.1. The molecule has 76 valence electrons. The lowest BCUT2D eigenvalue weighted by atomic mass is 10.2. The average molecular weight is 195 g/mol. The van der Waals surface area contributed by atoms with Crippen molar-refractivity contribution in [2.75, 3.05) is 17.2 Å². The fraction of sp³-hybridized carbons (Fsp3) is 0.500. The van der Waals surface area contributed by atoms with Gasteiger partial charge >= 0.3 is 0 Å². The molecule has 0 aliphatic carbocycles.